The molecule has 7 nitrogen and oxygen atoms in total. The van der Waals surface area contributed by atoms with Crippen molar-refractivity contribution in [3.8, 4) is 0 Å². The number of carbonyl (C=O) groups excluding carboxylic acids is 1. The Morgan fingerprint density at radius 2 is 1.91 bits per heavy atom. The number of fused-ring (bicyclic) bond motifs is 1. The maximum absolute atomic E-state index is 12.2. The van der Waals surface area contributed by atoms with Crippen LogP contribution in [0.25, 0.3) is 0 Å². The van der Waals surface area contributed by atoms with Crippen LogP contribution in [0.1, 0.15) is 24.2 Å². The van der Waals surface area contributed by atoms with Crippen molar-refractivity contribution in [3.63, 3.8) is 0 Å². The molecule has 0 radical (unpaired) electrons. The Hall–Kier alpha value is -1.51. The average molecular weight is 324 g/mol. The molecule has 2 aliphatic heterocycles. The molecule has 5 atom stereocenters. The molecule has 0 aliphatic carbocycles. The summed E-state index contributed by atoms with van der Waals surface area (Å²) in [4.78, 5) is 12.2. The van der Waals surface area contributed by atoms with E-state index in [1.54, 1.807) is 44.2 Å². The first-order valence-electron chi connectivity index (χ1n) is 7.47. The predicted octanol–water partition coefficient (Wildman–Crippen LogP) is 0.442. The first kappa shape index (κ1) is 16.4. The van der Waals surface area contributed by atoms with Crippen molar-refractivity contribution >= 4 is 5.97 Å². The van der Waals surface area contributed by atoms with Gasteiger partial charge in [0.25, 0.3) is 0 Å². The monoisotopic (exact) mass is 324 g/mol. The molecule has 2 heterocycles. The molecular formula is C16H20O7. The predicted molar refractivity (Wildman–Crippen MR) is 77.4 cm³/mol. The summed E-state index contributed by atoms with van der Waals surface area (Å²) < 4.78 is 22.4. The van der Waals surface area contributed by atoms with Gasteiger partial charge in [0.2, 0.25) is 6.29 Å². The quantitative estimate of drug-likeness (QED) is 0.776. The van der Waals surface area contributed by atoms with Crippen LogP contribution in [-0.4, -0.2) is 59.3 Å². The van der Waals surface area contributed by atoms with Crippen LogP contribution in [0, 0.1) is 0 Å². The molecule has 0 unspecified atom stereocenters. The Kier molecular flexibility index (Phi) is 4.39. The number of benzene rings is 1. The molecule has 2 saturated heterocycles. The molecule has 3 rings (SSSR count). The van der Waals surface area contributed by atoms with Crippen LogP contribution in [0.5, 0.6) is 0 Å². The summed E-state index contributed by atoms with van der Waals surface area (Å²) in [5.41, 5.74) is 0.386. The summed E-state index contributed by atoms with van der Waals surface area (Å²) in [7, 11) is 0. The first-order valence-corrected chi connectivity index (χ1v) is 7.47. The van der Waals surface area contributed by atoms with Crippen molar-refractivity contribution in [3.05, 3.63) is 35.9 Å². The van der Waals surface area contributed by atoms with Crippen LogP contribution in [0.3, 0.4) is 0 Å². The van der Waals surface area contributed by atoms with Gasteiger partial charge < -0.3 is 29.2 Å². The minimum absolute atomic E-state index is 0.386. The Bertz CT molecular complexity index is 559. The first-order chi connectivity index (χ1) is 10.9. The lowest BCUT2D eigenvalue weighted by atomic mass is 10.1. The fraction of sp³-hybridized carbons (Fsp3) is 0.562. The van der Waals surface area contributed by atoms with E-state index < -0.39 is 49.1 Å². The van der Waals surface area contributed by atoms with Gasteiger partial charge in [0.05, 0.1) is 12.2 Å². The maximum atomic E-state index is 12.2. The average Bonchev–Trinajstić information content (AvgIpc) is 3.01. The van der Waals surface area contributed by atoms with E-state index in [4.69, 9.17) is 24.1 Å². The van der Waals surface area contributed by atoms with E-state index in [1.807, 2.05) is 0 Å². The molecule has 1 aromatic rings. The molecule has 2 aliphatic rings. The van der Waals surface area contributed by atoms with Crippen molar-refractivity contribution in [1.82, 2.24) is 0 Å². The fourth-order valence-electron chi connectivity index (χ4n) is 2.85. The second-order valence-electron chi connectivity index (χ2n) is 6.06. The lowest BCUT2D eigenvalue weighted by Gasteiger charge is -2.25. The van der Waals surface area contributed by atoms with Crippen LogP contribution in [0.4, 0.5) is 0 Å². The van der Waals surface area contributed by atoms with Crippen molar-refractivity contribution < 1.29 is 34.0 Å². The standard InChI is InChI=1S/C16H20O7/c1-16(2)22-12-11(10(18)8-17)20-15(13(12)23-16)21-14(19)9-6-4-3-5-7-9/h3-7,10-13,15,17-18H,8H2,1-2H3/t10-,11-,12+,13+,15-/m1/s1. The van der Waals surface area contributed by atoms with Gasteiger partial charge in [-0.25, -0.2) is 4.79 Å². The zero-order valence-electron chi connectivity index (χ0n) is 12.9. The second-order valence-corrected chi connectivity index (χ2v) is 6.06. The molecule has 23 heavy (non-hydrogen) atoms. The van der Waals surface area contributed by atoms with Gasteiger partial charge in [-0.2, -0.15) is 0 Å². The van der Waals surface area contributed by atoms with Crippen LogP contribution in [0.15, 0.2) is 30.3 Å². The third kappa shape index (κ3) is 3.24. The van der Waals surface area contributed by atoms with Gasteiger partial charge in [-0.3, -0.25) is 0 Å². The van der Waals surface area contributed by atoms with Crippen LogP contribution < -0.4 is 0 Å². The van der Waals surface area contributed by atoms with E-state index in [0.717, 1.165) is 0 Å². The van der Waals surface area contributed by atoms with E-state index in [1.165, 1.54) is 0 Å². The van der Waals surface area contributed by atoms with Gasteiger partial charge in [-0.15, -0.1) is 0 Å². The largest absolute Gasteiger partial charge is 0.429 e. The van der Waals surface area contributed by atoms with Gasteiger partial charge in [0.15, 0.2) is 11.9 Å². The van der Waals surface area contributed by atoms with E-state index >= 15 is 0 Å². The number of ether oxygens (including phenoxy) is 4. The summed E-state index contributed by atoms with van der Waals surface area (Å²) in [5.74, 6) is -1.44. The Morgan fingerprint density at radius 3 is 2.57 bits per heavy atom. The lowest BCUT2D eigenvalue weighted by molar-refractivity contribution is -0.231. The molecule has 0 spiro atoms. The van der Waals surface area contributed by atoms with Crippen molar-refractivity contribution in [2.24, 2.45) is 0 Å². The van der Waals surface area contributed by atoms with Crippen LogP contribution in [-0.2, 0) is 18.9 Å². The molecule has 0 bridgehead atoms. The molecule has 0 amide bonds. The minimum Gasteiger partial charge on any atom is -0.429 e. The highest BCUT2D eigenvalue weighted by molar-refractivity contribution is 5.89. The number of aliphatic hydroxyl groups excluding tert-OH is 2. The maximum Gasteiger partial charge on any atom is 0.340 e. The van der Waals surface area contributed by atoms with Crippen molar-refractivity contribution in [2.45, 2.75) is 50.3 Å². The zero-order chi connectivity index (χ0) is 16.6. The number of esters is 1. The summed E-state index contributed by atoms with van der Waals surface area (Å²) in [6.45, 7) is 2.96. The highest BCUT2D eigenvalue weighted by atomic mass is 16.8. The highest BCUT2D eigenvalue weighted by Gasteiger charge is 2.58. The topological polar surface area (TPSA) is 94.5 Å². The lowest BCUT2D eigenvalue weighted by Crippen LogP contribution is -2.40. The summed E-state index contributed by atoms with van der Waals surface area (Å²) in [6, 6.07) is 8.51. The SMILES string of the molecule is CC1(C)O[C@@H]2[C@H](O1)[C@@H](OC(=O)c1ccccc1)O[C@@H]2[C@H](O)CO. The number of rotatable bonds is 4. The molecular weight excluding hydrogens is 304 g/mol. The van der Waals surface area contributed by atoms with Gasteiger partial charge in [-0.05, 0) is 26.0 Å². The smallest absolute Gasteiger partial charge is 0.340 e. The Balaban J connectivity index is 1.75. The molecule has 0 aromatic heterocycles. The molecule has 126 valence electrons. The fourth-order valence-corrected chi connectivity index (χ4v) is 2.85. The molecule has 1 aromatic carbocycles. The number of aliphatic hydroxyl groups is 2. The Labute approximate surface area is 133 Å². The van der Waals surface area contributed by atoms with Gasteiger partial charge in [0.1, 0.15) is 18.3 Å². The van der Waals surface area contributed by atoms with Crippen molar-refractivity contribution in [2.75, 3.05) is 6.61 Å². The number of hydrogen-bond donors (Lipinski definition) is 2. The number of hydrogen-bond acceptors (Lipinski definition) is 7. The number of carbonyl (C=O) groups is 1. The highest BCUT2D eigenvalue weighted by Crippen LogP contribution is 2.40. The normalized spacial score (nSPS) is 33.2. The molecule has 0 saturated carbocycles. The second kappa shape index (κ2) is 6.18. The molecule has 7 heteroatoms. The molecule has 2 fully saturated rings. The summed E-state index contributed by atoms with van der Waals surface area (Å²) in [5, 5.41) is 19.1. The third-order valence-corrected chi connectivity index (χ3v) is 3.85. The van der Waals surface area contributed by atoms with Gasteiger partial charge in [-0.1, -0.05) is 18.2 Å². The van der Waals surface area contributed by atoms with E-state index in [-0.39, 0.29) is 0 Å². The Morgan fingerprint density at radius 1 is 1.26 bits per heavy atom. The van der Waals surface area contributed by atoms with E-state index in [0.29, 0.717) is 5.56 Å². The van der Waals surface area contributed by atoms with Crippen LogP contribution in [0.2, 0.25) is 0 Å². The summed E-state index contributed by atoms with van der Waals surface area (Å²) in [6.07, 6.45) is -4.29. The minimum atomic E-state index is -1.15. The third-order valence-electron chi connectivity index (χ3n) is 3.85. The van der Waals surface area contributed by atoms with Crippen LogP contribution >= 0.6 is 0 Å². The van der Waals surface area contributed by atoms with E-state index in [9.17, 15) is 9.90 Å². The zero-order valence-corrected chi connectivity index (χ0v) is 12.9. The van der Waals surface area contributed by atoms with E-state index in [2.05, 4.69) is 0 Å². The molecule has 2 N–H and O–H groups in total. The van der Waals surface area contributed by atoms with Gasteiger partial charge in [0, 0.05) is 0 Å². The van der Waals surface area contributed by atoms with Gasteiger partial charge >= 0.3 is 5.97 Å². The summed E-state index contributed by atoms with van der Waals surface area (Å²) >= 11 is 0. The van der Waals surface area contributed by atoms with Crippen molar-refractivity contribution in [1.29, 1.82) is 0 Å².